The molecule has 1 saturated carbocycles. The van der Waals surface area contributed by atoms with E-state index in [2.05, 4.69) is 0 Å². The van der Waals surface area contributed by atoms with E-state index < -0.39 is 5.92 Å². The van der Waals surface area contributed by atoms with Gasteiger partial charge in [0.05, 0.1) is 12.7 Å². The Labute approximate surface area is 82.3 Å². The van der Waals surface area contributed by atoms with Crippen LogP contribution >= 0.6 is 0 Å². The largest absolute Gasteiger partial charge is 0.393 e. The van der Waals surface area contributed by atoms with Crippen LogP contribution in [-0.2, 0) is 4.74 Å². The van der Waals surface area contributed by atoms with Gasteiger partial charge in [-0.3, -0.25) is 0 Å². The molecule has 14 heavy (non-hydrogen) atoms. The van der Waals surface area contributed by atoms with Crippen molar-refractivity contribution in [1.29, 1.82) is 0 Å². The molecule has 2 aliphatic rings. The van der Waals surface area contributed by atoms with Crippen molar-refractivity contribution in [1.82, 2.24) is 0 Å². The van der Waals surface area contributed by atoms with Crippen molar-refractivity contribution in [3.05, 3.63) is 0 Å². The maximum Gasteiger partial charge on any atom is 0.248 e. The summed E-state index contributed by atoms with van der Waals surface area (Å²) >= 11 is 0. The topological polar surface area (TPSA) is 29.5 Å². The minimum Gasteiger partial charge on any atom is -0.393 e. The summed E-state index contributed by atoms with van der Waals surface area (Å²) < 4.78 is 30.3. The van der Waals surface area contributed by atoms with E-state index in [1.807, 2.05) is 0 Å². The Morgan fingerprint density at radius 2 is 2.07 bits per heavy atom. The summed E-state index contributed by atoms with van der Waals surface area (Å²) in [5, 5.41) is 9.60. The highest BCUT2D eigenvalue weighted by Gasteiger charge is 2.46. The van der Waals surface area contributed by atoms with Crippen molar-refractivity contribution < 1.29 is 18.6 Å². The third-order valence-electron chi connectivity index (χ3n) is 3.24. The highest BCUT2D eigenvalue weighted by molar-refractivity contribution is 4.88. The minimum absolute atomic E-state index is 0.00375. The van der Waals surface area contributed by atoms with E-state index in [-0.39, 0.29) is 30.8 Å². The van der Waals surface area contributed by atoms with Crippen molar-refractivity contribution >= 4 is 0 Å². The molecule has 1 N–H and O–H groups in total. The zero-order valence-electron chi connectivity index (χ0n) is 8.09. The van der Waals surface area contributed by atoms with Gasteiger partial charge < -0.3 is 9.84 Å². The van der Waals surface area contributed by atoms with Gasteiger partial charge in [-0.2, -0.15) is 0 Å². The van der Waals surface area contributed by atoms with Gasteiger partial charge in [0.15, 0.2) is 0 Å². The predicted octanol–water partition coefficient (Wildman–Crippen LogP) is 1.82. The Bertz CT molecular complexity index is 200. The fourth-order valence-electron chi connectivity index (χ4n) is 2.39. The molecule has 0 aromatic carbocycles. The first-order valence-electron chi connectivity index (χ1n) is 5.20. The molecule has 4 heteroatoms. The van der Waals surface area contributed by atoms with Gasteiger partial charge in [0.1, 0.15) is 0 Å². The van der Waals surface area contributed by atoms with Crippen LogP contribution in [0.1, 0.15) is 25.7 Å². The number of halogens is 2. The molecule has 0 bridgehead atoms. The van der Waals surface area contributed by atoms with Gasteiger partial charge >= 0.3 is 0 Å². The monoisotopic (exact) mass is 206 g/mol. The molecule has 82 valence electrons. The quantitative estimate of drug-likeness (QED) is 0.746. The first-order valence-corrected chi connectivity index (χ1v) is 5.20. The van der Waals surface area contributed by atoms with E-state index in [4.69, 9.17) is 4.74 Å². The Kier molecular flexibility index (Phi) is 2.75. The van der Waals surface area contributed by atoms with Crippen LogP contribution in [0.4, 0.5) is 8.78 Å². The van der Waals surface area contributed by atoms with Gasteiger partial charge in [-0.05, 0) is 18.8 Å². The number of hydrogen-bond donors (Lipinski definition) is 1. The summed E-state index contributed by atoms with van der Waals surface area (Å²) in [6.07, 6.45) is 0.981. The third kappa shape index (κ3) is 2.23. The second kappa shape index (κ2) is 3.74. The van der Waals surface area contributed by atoms with Crippen LogP contribution in [-0.4, -0.2) is 30.3 Å². The summed E-state index contributed by atoms with van der Waals surface area (Å²) in [5.41, 5.74) is 0. The summed E-state index contributed by atoms with van der Waals surface area (Å²) in [7, 11) is 0. The molecule has 0 aromatic rings. The number of aliphatic hydroxyl groups is 1. The van der Waals surface area contributed by atoms with Gasteiger partial charge in [0.2, 0.25) is 5.92 Å². The van der Waals surface area contributed by atoms with E-state index in [0.29, 0.717) is 26.1 Å². The Morgan fingerprint density at radius 1 is 1.36 bits per heavy atom. The van der Waals surface area contributed by atoms with Crippen LogP contribution in [0, 0.1) is 11.8 Å². The van der Waals surface area contributed by atoms with Crippen LogP contribution in [0.15, 0.2) is 0 Å². The molecule has 0 aromatic heterocycles. The van der Waals surface area contributed by atoms with Crippen LogP contribution in [0.25, 0.3) is 0 Å². The lowest BCUT2D eigenvalue weighted by atomic mass is 9.74. The van der Waals surface area contributed by atoms with Gasteiger partial charge in [-0.25, -0.2) is 8.78 Å². The van der Waals surface area contributed by atoms with Crippen LogP contribution in [0.3, 0.4) is 0 Å². The van der Waals surface area contributed by atoms with Gasteiger partial charge in [-0.1, -0.05) is 0 Å². The molecule has 2 rings (SSSR count). The standard InChI is InChI=1S/C10H16F2O2/c11-10(12)4-7(5-10)3-8-6-14-2-1-9(8)13/h7-9,13H,1-6H2. The van der Waals surface area contributed by atoms with Crippen LogP contribution in [0.2, 0.25) is 0 Å². The van der Waals surface area contributed by atoms with Crippen molar-refractivity contribution in [3.8, 4) is 0 Å². The number of hydrogen-bond acceptors (Lipinski definition) is 2. The van der Waals surface area contributed by atoms with Gasteiger partial charge in [-0.15, -0.1) is 0 Å². The lowest BCUT2D eigenvalue weighted by Gasteiger charge is -2.39. The van der Waals surface area contributed by atoms with Gasteiger partial charge in [0, 0.05) is 25.4 Å². The smallest absolute Gasteiger partial charge is 0.248 e. The SMILES string of the molecule is OC1CCOCC1CC1CC(F)(F)C1. The fraction of sp³-hybridized carbons (Fsp3) is 1.00. The lowest BCUT2D eigenvalue weighted by molar-refractivity contribution is -0.127. The molecular formula is C10H16F2O2. The molecule has 1 heterocycles. The zero-order valence-corrected chi connectivity index (χ0v) is 8.09. The second-order valence-electron chi connectivity index (χ2n) is 4.56. The van der Waals surface area contributed by atoms with E-state index in [1.165, 1.54) is 0 Å². The molecular weight excluding hydrogens is 190 g/mol. The van der Waals surface area contributed by atoms with E-state index in [9.17, 15) is 13.9 Å². The minimum atomic E-state index is -2.44. The normalized spacial score (nSPS) is 37.9. The van der Waals surface area contributed by atoms with Crippen molar-refractivity contribution in [2.24, 2.45) is 11.8 Å². The molecule has 1 aliphatic carbocycles. The average Bonchev–Trinajstić information content (AvgIpc) is 2.05. The molecule has 2 nitrogen and oxygen atoms in total. The first-order chi connectivity index (χ1) is 6.57. The maximum atomic E-state index is 12.5. The van der Waals surface area contributed by atoms with Crippen LogP contribution in [0.5, 0.6) is 0 Å². The molecule has 2 fully saturated rings. The Hall–Kier alpha value is -0.220. The van der Waals surface area contributed by atoms with E-state index in [1.54, 1.807) is 0 Å². The van der Waals surface area contributed by atoms with Crippen molar-refractivity contribution in [2.45, 2.75) is 37.7 Å². The van der Waals surface area contributed by atoms with E-state index >= 15 is 0 Å². The highest BCUT2D eigenvalue weighted by Crippen LogP contribution is 2.45. The van der Waals surface area contributed by atoms with Gasteiger partial charge in [0.25, 0.3) is 0 Å². The number of rotatable bonds is 2. The Balaban J connectivity index is 1.75. The summed E-state index contributed by atoms with van der Waals surface area (Å²) in [6, 6.07) is 0. The van der Waals surface area contributed by atoms with Crippen LogP contribution < -0.4 is 0 Å². The zero-order chi connectivity index (χ0) is 10.2. The Morgan fingerprint density at radius 3 is 2.64 bits per heavy atom. The molecule has 2 unspecified atom stereocenters. The molecule has 1 aliphatic heterocycles. The molecule has 0 radical (unpaired) electrons. The second-order valence-corrected chi connectivity index (χ2v) is 4.56. The maximum absolute atomic E-state index is 12.5. The lowest BCUT2D eigenvalue weighted by Crippen LogP contribution is -2.40. The summed E-state index contributed by atoms with van der Waals surface area (Å²) in [4.78, 5) is 0. The molecule has 1 saturated heterocycles. The first kappa shape index (κ1) is 10.3. The molecule has 0 amide bonds. The highest BCUT2D eigenvalue weighted by atomic mass is 19.3. The molecule has 2 atom stereocenters. The summed E-state index contributed by atoms with van der Waals surface area (Å²) in [5.74, 6) is -2.28. The average molecular weight is 206 g/mol. The number of ether oxygens (including phenoxy) is 1. The fourth-order valence-corrected chi connectivity index (χ4v) is 2.39. The summed E-state index contributed by atoms with van der Waals surface area (Å²) in [6.45, 7) is 1.13. The van der Waals surface area contributed by atoms with Crippen molar-refractivity contribution in [3.63, 3.8) is 0 Å². The van der Waals surface area contributed by atoms with Crippen molar-refractivity contribution in [2.75, 3.05) is 13.2 Å². The number of aliphatic hydroxyl groups excluding tert-OH is 1. The number of alkyl halides is 2. The molecule has 0 spiro atoms. The van der Waals surface area contributed by atoms with E-state index in [0.717, 1.165) is 0 Å². The third-order valence-corrected chi connectivity index (χ3v) is 3.24. The predicted molar refractivity (Wildman–Crippen MR) is 47.2 cm³/mol.